The Labute approximate surface area is 177 Å². The van der Waals surface area contributed by atoms with Crippen LogP contribution in [0.4, 0.5) is 10.5 Å². The summed E-state index contributed by atoms with van der Waals surface area (Å²) in [4.78, 5) is 23.6. The van der Waals surface area contributed by atoms with E-state index in [0.717, 1.165) is 15.4 Å². The summed E-state index contributed by atoms with van der Waals surface area (Å²) in [6, 6.07) is 20.0. The minimum Gasteiger partial charge on any atom is -0.448 e. The lowest BCUT2D eigenvalue weighted by molar-refractivity contribution is 0.112. The van der Waals surface area contributed by atoms with Crippen LogP contribution in [0.1, 0.15) is 33.0 Å². The summed E-state index contributed by atoms with van der Waals surface area (Å²) in [6.07, 6.45) is 0.268. The van der Waals surface area contributed by atoms with Gasteiger partial charge in [-0.3, -0.25) is 10.1 Å². The molecule has 28 heavy (non-hydrogen) atoms. The van der Waals surface area contributed by atoms with Crippen LogP contribution in [-0.4, -0.2) is 19.0 Å². The van der Waals surface area contributed by atoms with Gasteiger partial charge in [-0.15, -0.1) is 0 Å². The van der Waals surface area contributed by atoms with Gasteiger partial charge in [-0.2, -0.15) is 0 Å². The highest BCUT2D eigenvalue weighted by Crippen LogP contribution is 2.44. The predicted molar refractivity (Wildman–Crippen MR) is 118 cm³/mol. The number of nitrogens with one attached hydrogen (secondary N) is 1. The highest BCUT2D eigenvalue weighted by molar-refractivity contribution is 14.1. The first-order valence-corrected chi connectivity index (χ1v) is 10.0. The van der Waals surface area contributed by atoms with Gasteiger partial charge in [0.05, 0.1) is 0 Å². The highest BCUT2D eigenvalue weighted by atomic mass is 127. The number of carbonyl (C=O) groups excluding carboxylic acids is 2. The van der Waals surface area contributed by atoms with Gasteiger partial charge in [0.15, 0.2) is 0 Å². The molecule has 0 saturated carbocycles. The van der Waals surface area contributed by atoms with E-state index >= 15 is 0 Å². The molecule has 5 heteroatoms. The zero-order chi connectivity index (χ0) is 19.7. The lowest BCUT2D eigenvalue weighted by atomic mass is 9.98. The van der Waals surface area contributed by atoms with Crippen molar-refractivity contribution in [2.75, 3.05) is 11.9 Å². The number of aldehydes is 1. The predicted octanol–water partition coefficient (Wildman–Crippen LogP) is 5.77. The average Bonchev–Trinajstić information content (AvgIpc) is 3.03. The molecule has 0 spiro atoms. The maximum Gasteiger partial charge on any atom is 0.411 e. The average molecular weight is 483 g/mol. The van der Waals surface area contributed by atoms with Crippen LogP contribution in [0.2, 0.25) is 0 Å². The summed E-state index contributed by atoms with van der Waals surface area (Å²) in [5.41, 5.74) is 6.60. The molecule has 0 aliphatic heterocycles. The van der Waals surface area contributed by atoms with Crippen molar-refractivity contribution in [1.82, 2.24) is 0 Å². The number of benzene rings is 3. The number of anilines is 1. The van der Waals surface area contributed by atoms with E-state index in [4.69, 9.17) is 4.74 Å². The fourth-order valence-electron chi connectivity index (χ4n) is 3.70. The molecule has 0 heterocycles. The van der Waals surface area contributed by atoms with Crippen molar-refractivity contribution in [3.05, 3.63) is 86.5 Å². The molecule has 1 N–H and O–H groups in total. The lowest BCUT2D eigenvalue weighted by Crippen LogP contribution is -2.18. The summed E-state index contributed by atoms with van der Waals surface area (Å²) in [5.74, 6) is 0.0145. The van der Waals surface area contributed by atoms with Crippen LogP contribution in [0.25, 0.3) is 11.1 Å². The van der Waals surface area contributed by atoms with E-state index in [-0.39, 0.29) is 12.5 Å². The number of halogens is 1. The lowest BCUT2D eigenvalue weighted by Gasteiger charge is -2.15. The molecule has 4 rings (SSSR count). The summed E-state index contributed by atoms with van der Waals surface area (Å²) < 4.78 is 6.45. The molecule has 1 aliphatic carbocycles. The van der Waals surface area contributed by atoms with Gasteiger partial charge < -0.3 is 4.74 Å². The van der Waals surface area contributed by atoms with E-state index in [1.54, 1.807) is 13.0 Å². The SMILES string of the molecule is Cc1c(C=O)cc(I)cc1NC(=O)OCC1c2ccccc2-c2ccccc21. The van der Waals surface area contributed by atoms with Gasteiger partial charge in [-0.05, 0) is 69.5 Å². The molecule has 0 aromatic heterocycles. The number of hydrogen-bond donors (Lipinski definition) is 1. The Kier molecular flexibility index (Phi) is 5.17. The molecule has 140 valence electrons. The topological polar surface area (TPSA) is 55.4 Å². The summed E-state index contributed by atoms with van der Waals surface area (Å²) >= 11 is 2.12. The summed E-state index contributed by atoms with van der Waals surface area (Å²) in [5, 5.41) is 2.77. The van der Waals surface area contributed by atoms with Gasteiger partial charge in [-0.1, -0.05) is 48.5 Å². The van der Waals surface area contributed by atoms with Crippen molar-refractivity contribution in [3.63, 3.8) is 0 Å². The molecule has 0 unspecified atom stereocenters. The van der Waals surface area contributed by atoms with Crippen LogP contribution in [0.3, 0.4) is 0 Å². The quantitative estimate of drug-likeness (QED) is 0.379. The number of carbonyl (C=O) groups is 2. The van der Waals surface area contributed by atoms with Gasteiger partial charge in [0.1, 0.15) is 12.9 Å². The number of amides is 1. The third kappa shape index (κ3) is 3.42. The Hall–Kier alpha value is -2.67. The van der Waals surface area contributed by atoms with E-state index < -0.39 is 6.09 Å². The largest absolute Gasteiger partial charge is 0.448 e. The van der Waals surface area contributed by atoms with Crippen LogP contribution in [0.15, 0.2) is 60.7 Å². The van der Waals surface area contributed by atoms with Gasteiger partial charge in [-0.25, -0.2) is 4.79 Å². The van der Waals surface area contributed by atoms with Crippen LogP contribution in [0, 0.1) is 10.5 Å². The second-order valence-electron chi connectivity index (χ2n) is 6.74. The number of ether oxygens (including phenoxy) is 1. The minimum absolute atomic E-state index is 0.0145. The Morgan fingerprint density at radius 1 is 1.07 bits per heavy atom. The monoisotopic (exact) mass is 483 g/mol. The normalized spacial score (nSPS) is 12.2. The van der Waals surface area contributed by atoms with Crippen molar-refractivity contribution in [2.24, 2.45) is 0 Å². The molecule has 0 atom stereocenters. The first kappa shape index (κ1) is 18.7. The van der Waals surface area contributed by atoms with Crippen LogP contribution in [0.5, 0.6) is 0 Å². The molecule has 1 aliphatic rings. The van der Waals surface area contributed by atoms with Gasteiger partial charge in [0, 0.05) is 20.7 Å². The third-order valence-corrected chi connectivity index (χ3v) is 5.74. The van der Waals surface area contributed by atoms with Crippen LogP contribution < -0.4 is 5.32 Å². The maximum atomic E-state index is 12.4. The second kappa shape index (κ2) is 7.75. The van der Waals surface area contributed by atoms with Crippen molar-refractivity contribution in [2.45, 2.75) is 12.8 Å². The standard InChI is InChI=1S/C23H18INO3/c1-14-15(12-26)10-16(24)11-22(14)25-23(27)28-13-21-19-8-4-2-6-17(19)18-7-3-5-9-20(18)21/h2-12,21H,13H2,1H3,(H,25,27). The molecule has 0 bridgehead atoms. The molecule has 0 saturated heterocycles. The maximum absolute atomic E-state index is 12.4. The fourth-order valence-corrected chi connectivity index (χ4v) is 4.34. The smallest absolute Gasteiger partial charge is 0.411 e. The summed E-state index contributed by atoms with van der Waals surface area (Å²) in [7, 11) is 0. The molecule has 0 radical (unpaired) electrons. The number of fused-ring (bicyclic) bond motifs is 3. The van der Waals surface area contributed by atoms with Crippen LogP contribution >= 0.6 is 22.6 Å². The van der Waals surface area contributed by atoms with E-state index in [0.29, 0.717) is 11.3 Å². The summed E-state index contributed by atoms with van der Waals surface area (Å²) in [6.45, 7) is 2.06. The van der Waals surface area contributed by atoms with E-state index in [1.165, 1.54) is 22.3 Å². The Morgan fingerprint density at radius 2 is 1.68 bits per heavy atom. The van der Waals surface area contributed by atoms with E-state index in [9.17, 15) is 9.59 Å². The first-order valence-electron chi connectivity index (χ1n) is 8.96. The van der Waals surface area contributed by atoms with Crippen molar-refractivity contribution in [1.29, 1.82) is 0 Å². The van der Waals surface area contributed by atoms with Crippen LogP contribution in [-0.2, 0) is 4.74 Å². The van der Waals surface area contributed by atoms with E-state index in [2.05, 4.69) is 52.2 Å². The molecular formula is C23H18INO3. The zero-order valence-electron chi connectivity index (χ0n) is 15.2. The number of rotatable bonds is 4. The first-order chi connectivity index (χ1) is 13.6. The molecule has 3 aromatic rings. The van der Waals surface area contributed by atoms with E-state index in [1.807, 2.05) is 30.3 Å². The second-order valence-corrected chi connectivity index (χ2v) is 7.98. The van der Waals surface area contributed by atoms with Crippen molar-refractivity contribution >= 4 is 40.7 Å². The Morgan fingerprint density at radius 3 is 2.29 bits per heavy atom. The Bertz CT molecular complexity index is 1030. The zero-order valence-corrected chi connectivity index (χ0v) is 17.4. The minimum atomic E-state index is -0.524. The molecule has 0 fully saturated rings. The molecular weight excluding hydrogens is 465 g/mol. The van der Waals surface area contributed by atoms with Gasteiger partial charge in [0.25, 0.3) is 0 Å². The van der Waals surface area contributed by atoms with Gasteiger partial charge in [0.2, 0.25) is 0 Å². The van der Waals surface area contributed by atoms with Gasteiger partial charge >= 0.3 is 6.09 Å². The van der Waals surface area contributed by atoms with Crippen molar-refractivity contribution < 1.29 is 14.3 Å². The number of hydrogen-bond acceptors (Lipinski definition) is 3. The molecule has 1 amide bonds. The highest BCUT2D eigenvalue weighted by Gasteiger charge is 2.29. The third-order valence-electron chi connectivity index (χ3n) is 5.12. The molecule has 3 aromatic carbocycles. The Balaban J connectivity index is 1.52. The van der Waals surface area contributed by atoms with Crippen molar-refractivity contribution in [3.8, 4) is 11.1 Å². The molecule has 4 nitrogen and oxygen atoms in total. The fraction of sp³-hybridized carbons (Fsp3) is 0.130.